The van der Waals surface area contributed by atoms with Crippen LogP contribution in [0, 0.1) is 29.1 Å². The number of imide groups is 1. The highest BCUT2D eigenvalue weighted by Gasteiger charge is 2.64. The van der Waals surface area contributed by atoms with Crippen LogP contribution in [0.15, 0.2) is 41.0 Å². The van der Waals surface area contributed by atoms with Gasteiger partial charge in [-0.1, -0.05) is 24.6 Å². The van der Waals surface area contributed by atoms with Crippen molar-refractivity contribution in [2.75, 3.05) is 6.61 Å². The third-order valence-corrected chi connectivity index (χ3v) is 8.76. The van der Waals surface area contributed by atoms with E-state index in [1.165, 1.54) is 6.07 Å². The van der Waals surface area contributed by atoms with Gasteiger partial charge >= 0.3 is 0 Å². The summed E-state index contributed by atoms with van der Waals surface area (Å²) in [6.45, 7) is 7.28. The molecule has 0 bridgehead atoms. The van der Waals surface area contributed by atoms with Crippen molar-refractivity contribution in [1.29, 1.82) is 0 Å². The Balaban J connectivity index is 1.74. The van der Waals surface area contributed by atoms with Crippen LogP contribution in [0.1, 0.15) is 52.0 Å². The van der Waals surface area contributed by atoms with Crippen LogP contribution in [0.3, 0.4) is 0 Å². The molecule has 3 aliphatic carbocycles. The highest BCUT2D eigenvalue weighted by atomic mass is 16.5. The normalized spacial score (nSPS) is 34.5. The third kappa shape index (κ3) is 3.02. The molecule has 6 atom stereocenters. The molecule has 0 aromatic heterocycles. The van der Waals surface area contributed by atoms with Crippen molar-refractivity contribution in [1.82, 2.24) is 5.06 Å². The molecule has 1 heterocycles. The fourth-order valence-electron chi connectivity index (χ4n) is 6.92. The van der Waals surface area contributed by atoms with Gasteiger partial charge in [0.15, 0.2) is 23.1 Å². The predicted octanol–water partition coefficient (Wildman–Crippen LogP) is 3.33. The van der Waals surface area contributed by atoms with Gasteiger partial charge < -0.3 is 9.84 Å². The number of aromatic hydroxyl groups is 1. The maximum atomic E-state index is 13.9. The number of hydroxylamine groups is 2. The Labute approximate surface area is 203 Å². The second-order valence-electron chi connectivity index (χ2n) is 10.3. The molecule has 0 unspecified atom stereocenters. The Morgan fingerprint density at radius 3 is 2.49 bits per heavy atom. The number of phenolic OH excluding ortho intramolecular Hbond substituents is 1. The number of carbonyl (C=O) groups excluding carboxylic acids is 4. The monoisotopic (exact) mass is 479 g/mol. The Kier molecular flexibility index (Phi) is 5.29. The van der Waals surface area contributed by atoms with E-state index in [2.05, 4.69) is 0 Å². The summed E-state index contributed by atoms with van der Waals surface area (Å²) in [6.07, 6.45) is 2.42. The first-order valence-corrected chi connectivity index (χ1v) is 12.0. The molecule has 2 N–H and O–H groups in total. The van der Waals surface area contributed by atoms with E-state index < -0.39 is 46.8 Å². The molecule has 0 spiro atoms. The van der Waals surface area contributed by atoms with Crippen LogP contribution in [-0.4, -0.2) is 45.4 Å². The van der Waals surface area contributed by atoms with Crippen LogP contribution in [0.5, 0.6) is 11.5 Å². The van der Waals surface area contributed by atoms with Gasteiger partial charge in [-0.05, 0) is 68.4 Å². The maximum Gasteiger partial charge on any atom is 0.257 e. The lowest BCUT2D eigenvalue weighted by Gasteiger charge is -2.54. The molecule has 0 radical (unpaired) electrons. The highest BCUT2D eigenvalue weighted by molar-refractivity contribution is 6.16. The summed E-state index contributed by atoms with van der Waals surface area (Å²) in [4.78, 5) is 53.0. The minimum atomic E-state index is -1.11. The molecule has 2 amide bonds. The lowest BCUT2D eigenvalue weighted by atomic mass is 9.46. The SMILES string of the molecule is CCOc1cc([C@H]2C3=CC[C@@H]4C(=O)N(O)C(=O)[C@@H]4[C@@H]3C[C@H]3C(=O)C(C)=C(C)C(=O)[C@@]23C)ccc1O. The van der Waals surface area contributed by atoms with Crippen LogP contribution in [-0.2, 0) is 19.2 Å². The average molecular weight is 480 g/mol. The topological polar surface area (TPSA) is 121 Å². The van der Waals surface area contributed by atoms with Crippen molar-refractivity contribution in [3.63, 3.8) is 0 Å². The first kappa shape index (κ1) is 23.5. The van der Waals surface area contributed by atoms with E-state index in [0.717, 1.165) is 5.57 Å². The Hall–Kier alpha value is -3.26. The van der Waals surface area contributed by atoms with Crippen LogP contribution in [0.25, 0.3) is 0 Å². The number of Topliss-reactive ketones (excluding diaryl/α,β-unsaturated/α-hetero) is 2. The molecular weight excluding hydrogens is 450 g/mol. The average Bonchev–Trinajstić information content (AvgIpc) is 3.06. The van der Waals surface area contributed by atoms with Gasteiger partial charge in [0.2, 0.25) is 0 Å². The number of ketones is 2. The summed E-state index contributed by atoms with van der Waals surface area (Å²) in [6, 6.07) is 4.93. The van der Waals surface area contributed by atoms with Crippen molar-refractivity contribution >= 4 is 23.4 Å². The van der Waals surface area contributed by atoms with Gasteiger partial charge in [-0.15, -0.1) is 0 Å². The zero-order chi connectivity index (χ0) is 25.4. The fraction of sp³-hybridized carbons (Fsp3) is 0.481. The summed E-state index contributed by atoms with van der Waals surface area (Å²) < 4.78 is 5.60. The molecule has 8 heteroatoms. The summed E-state index contributed by atoms with van der Waals surface area (Å²) in [5, 5.41) is 20.6. The van der Waals surface area contributed by atoms with Crippen molar-refractivity contribution in [2.45, 2.75) is 46.5 Å². The largest absolute Gasteiger partial charge is 0.504 e. The first-order valence-electron chi connectivity index (χ1n) is 12.0. The number of allylic oxidation sites excluding steroid dienone is 4. The van der Waals surface area contributed by atoms with Gasteiger partial charge in [-0.2, -0.15) is 5.06 Å². The van der Waals surface area contributed by atoms with E-state index in [1.54, 1.807) is 32.9 Å². The Bertz CT molecular complexity index is 1240. The molecule has 184 valence electrons. The lowest BCUT2D eigenvalue weighted by molar-refractivity contribution is -0.173. The second kappa shape index (κ2) is 7.88. The summed E-state index contributed by atoms with van der Waals surface area (Å²) in [5.74, 6) is -4.48. The number of fused-ring (bicyclic) bond motifs is 4. The zero-order valence-corrected chi connectivity index (χ0v) is 20.2. The number of hydrogen-bond donors (Lipinski definition) is 2. The quantitative estimate of drug-likeness (QED) is 0.387. The van der Waals surface area contributed by atoms with E-state index in [4.69, 9.17) is 4.74 Å². The minimum Gasteiger partial charge on any atom is -0.504 e. The Morgan fingerprint density at radius 2 is 1.80 bits per heavy atom. The smallest absolute Gasteiger partial charge is 0.257 e. The number of phenols is 1. The number of amides is 2. The van der Waals surface area contributed by atoms with E-state index in [9.17, 15) is 29.5 Å². The number of hydrogen-bond acceptors (Lipinski definition) is 7. The van der Waals surface area contributed by atoms with Crippen LogP contribution >= 0.6 is 0 Å². The highest BCUT2D eigenvalue weighted by Crippen LogP contribution is 2.63. The number of benzene rings is 1. The van der Waals surface area contributed by atoms with Crippen molar-refractivity contribution in [3.8, 4) is 11.5 Å². The predicted molar refractivity (Wildman–Crippen MR) is 123 cm³/mol. The molecule has 1 aliphatic heterocycles. The van der Waals surface area contributed by atoms with E-state index >= 15 is 0 Å². The molecular formula is C27H29NO7. The van der Waals surface area contributed by atoms with E-state index in [1.807, 2.05) is 13.0 Å². The van der Waals surface area contributed by atoms with Gasteiger partial charge in [0.1, 0.15) is 0 Å². The summed E-state index contributed by atoms with van der Waals surface area (Å²) >= 11 is 0. The standard InChI is InChI=1S/C27H29NO7/c1-5-35-20-10-14(6-9-19(20)29)22-15-7-8-16-21(26(33)28(34)25(16)32)17(15)11-18-23(30)12(2)13(3)24(31)27(18,22)4/h6-7,9-10,16-18,21-22,29,34H,5,8,11H2,1-4H3/t16-,17+,18-,21-,22-,27+/m0/s1. The molecule has 1 aromatic carbocycles. The zero-order valence-electron chi connectivity index (χ0n) is 20.2. The van der Waals surface area contributed by atoms with E-state index in [-0.39, 0.29) is 41.0 Å². The fourth-order valence-corrected chi connectivity index (χ4v) is 6.92. The lowest BCUT2D eigenvalue weighted by Crippen LogP contribution is -2.55. The number of ether oxygens (including phenoxy) is 1. The number of rotatable bonds is 3. The molecule has 8 nitrogen and oxygen atoms in total. The number of nitrogens with zero attached hydrogens (tertiary/aromatic N) is 1. The maximum absolute atomic E-state index is 13.9. The number of carbonyl (C=O) groups is 4. The summed E-state index contributed by atoms with van der Waals surface area (Å²) in [5.41, 5.74) is 1.27. The van der Waals surface area contributed by atoms with Gasteiger partial charge in [0.25, 0.3) is 11.8 Å². The second-order valence-corrected chi connectivity index (χ2v) is 10.3. The third-order valence-electron chi connectivity index (χ3n) is 8.76. The molecule has 35 heavy (non-hydrogen) atoms. The van der Waals surface area contributed by atoms with Gasteiger partial charge in [-0.25, -0.2) is 0 Å². The molecule has 2 fully saturated rings. The molecule has 4 aliphatic rings. The molecule has 5 rings (SSSR count). The first-order chi connectivity index (χ1) is 16.5. The summed E-state index contributed by atoms with van der Waals surface area (Å²) in [7, 11) is 0. The molecule has 1 aromatic rings. The minimum absolute atomic E-state index is 0.0344. The van der Waals surface area contributed by atoms with E-state index in [0.29, 0.717) is 23.3 Å². The van der Waals surface area contributed by atoms with Crippen molar-refractivity contribution in [2.24, 2.45) is 29.1 Å². The van der Waals surface area contributed by atoms with Crippen LogP contribution in [0.4, 0.5) is 0 Å². The van der Waals surface area contributed by atoms with Gasteiger partial charge in [0, 0.05) is 11.8 Å². The van der Waals surface area contributed by atoms with Gasteiger partial charge in [-0.3, -0.25) is 24.4 Å². The van der Waals surface area contributed by atoms with Gasteiger partial charge in [0.05, 0.1) is 23.9 Å². The Morgan fingerprint density at radius 1 is 1.09 bits per heavy atom. The molecule has 1 saturated carbocycles. The van der Waals surface area contributed by atoms with Crippen LogP contribution < -0.4 is 4.74 Å². The van der Waals surface area contributed by atoms with Crippen molar-refractivity contribution in [3.05, 3.63) is 46.6 Å². The van der Waals surface area contributed by atoms with Crippen molar-refractivity contribution < 1.29 is 34.2 Å². The molecule has 1 saturated heterocycles. The van der Waals surface area contributed by atoms with Crippen LogP contribution in [0.2, 0.25) is 0 Å².